The van der Waals surface area contributed by atoms with Crippen molar-refractivity contribution >= 4 is 24.0 Å². The molecule has 0 fully saturated rings. The third kappa shape index (κ3) is 14.1. The van der Waals surface area contributed by atoms with Crippen LogP contribution in [0.5, 0.6) is 0 Å². The largest absolute Gasteiger partial charge is 0.460 e. The number of carbonyl (C=O) groups excluding carboxylic acids is 4. The summed E-state index contributed by atoms with van der Waals surface area (Å²) in [4.78, 5) is 53.1. The molecule has 3 aromatic rings. The quantitative estimate of drug-likeness (QED) is 0.131. The molecule has 3 rings (SSSR count). The van der Waals surface area contributed by atoms with Gasteiger partial charge in [0.2, 0.25) is 0 Å². The summed E-state index contributed by atoms with van der Waals surface area (Å²) in [5.41, 5.74) is 1.72. The Labute approximate surface area is 264 Å². The first-order valence-corrected chi connectivity index (χ1v) is 14.9. The number of alkyl carbamates (subject to hydrolysis) is 1. The highest BCUT2D eigenvalue weighted by atomic mass is 16.6. The topological polar surface area (TPSA) is 120 Å². The molecule has 0 aliphatic carbocycles. The van der Waals surface area contributed by atoms with Crippen LogP contribution in [0.4, 0.5) is 4.79 Å². The normalized spacial score (nSPS) is 11.7. The molecule has 10 heteroatoms. The van der Waals surface area contributed by atoms with Crippen LogP contribution in [-0.2, 0) is 53.2 Å². The van der Waals surface area contributed by atoms with E-state index >= 15 is 0 Å². The highest BCUT2D eigenvalue weighted by Crippen LogP contribution is 2.14. The summed E-state index contributed by atoms with van der Waals surface area (Å²) in [7, 11) is 0. The minimum absolute atomic E-state index is 0.0110. The Morgan fingerprint density at radius 3 is 1.51 bits per heavy atom. The van der Waals surface area contributed by atoms with Gasteiger partial charge in [-0.05, 0) is 50.3 Å². The predicted molar refractivity (Wildman–Crippen MR) is 168 cm³/mol. The predicted octanol–water partition coefficient (Wildman–Crippen LogP) is 5.19. The van der Waals surface area contributed by atoms with Gasteiger partial charge in [0.15, 0.2) is 0 Å². The van der Waals surface area contributed by atoms with Crippen LogP contribution in [0.2, 0.25) is 0 Å². The van der Waals surface area contributed by atoms with E-state index in [4.69, 9.17) is 18.9 Å². The Balaban J connectivity index is 1.73. The number of rotatable bonds is 16. The van der Waals surface area contributed by atoms with Gasteiger partial charge in [0.05, 0.1) is 13.1 Å². The molecule has 0 bridgehead atoms. The summed E-state index contributed by atoms with van der Waals surface area (Å²) in [6.45, 7) is 4.84. The van der Waals surface area contributed by atoms with Gasteiger partial charge in [0.1, 0.15) is 31.5 Å². The molecule has 1 atom stereocenters. The molecule has 0 aliphatic heterocycles. The smallest absolute Gasteiger partial charge is 0.407 e. The van der Waals surface area contributed by atoms with Crippen LogP contribution in [0, 0.1) is 0 Å². The molecule has 10 nitrogen and oxygen atoms in total. The molecular weight excluding hydrogens is 576 g/mol. The van der Waals surface area contributed by atoms with E-state index < -0.39 is 35.6 Å². The monoisotopic (exact) mass is 618 g/mol. The van der Waals surface area contributed by atoms with E-state index in [2.05, 4.69) is 5.32 Å². The maximum absolute atomic E-state index is 13.5. The maximum atomic E-state index is 13.5. The number of nitrogens with one attached hydrogen (secondary N) is 1. The molecule has 3 aromatic carbocycles. The lowest BCUT2D eigenvalue weighted by molar-refractivity contribution is -0.158. The molecule has 0 heterocycles. The van der Waals surface area contributed by atoms with E-state index in [9.17, 15) is 19.2 Å². The zero-order valence-electron chi connectivity index (χ0n) is 26.1. The fourth-order valence-electron chi connectivity index (χ4n) is 4.25. The Bertz CT molecular complexity index is 1290. The lowest BCUT2D eigenvalue weighted by Gasteiger charge is -2.29. The van der Waals surface area contributed by atoms with Crippen molar-refractivity contribution in [3.05, 3.63) is 108 Å². The van der Waals surface area contributed by atoms with Crippen molar-refractivity contribution < 1.29 is 38.1 Å². The summed E-state index contributed by atoms with van der Waals surface area (Å²) < 4.78 is 21.9. The fourth-order valence-corrected chi connectivity index (χ4v) is 4.25. The van der Waals surface area contributed by atoms with Crippen molar-refractivity contribution in [2.75, 3.05) is 19.6 Å². The molecule has 240 valence electrons. The van der Waals surface area contributed by atoms with Gasteiger partial charge in [-0.15, -0.1) is 0 Å². The van der Waals surface area contributed by atoms with Crippen LogP contribution >= 0.6 is 0 Å². The van der Waals surface area contributed by atoms with E-state index in [1.165, 1.54) is 4.90 Å². The van der Waals surface area contributed by atoms with Gasteiger partial charge < -0.3 is 24.3 Å². The SMILES string of the molecule is CC(C)(C)OC(=O)NCCCC(C(=O)OCc1ccccc1)N(CC(=O)OCc1ccccc1)CC(=O)OCc1ccccc1. The van der Waals surface area contributed by atoms with Gasteiger partial charge in [-0.3, -0.25) is 19.3 Å². The van der Waals surface area contributed by atoms with E-state index in [1.54, 1.807) is 20.8 Å². The number of esters is 3. The van der Waals surface area contributed by atoms with Crippen molar-refractivity contribution in [3.8, 4) is 0 Å². The third-order valence-corrected chi connectivity index (χ3v) is 6.41. The van der Waals surface area contributed by atoms with Crippen LogP contribution in [0.1, 0.15) is 50.3 Å². The third-order valence-electron chi connectivity index (χ3n) is 6.41. The molecule has 45 heavy (non-hydrogen) atoms. The average molecular weight is 619 g/mol. The first-order chi connectivity index (χ1) is 21.6. The van der Waals surface area contributed by atoms with Crippen LogP contribution in [-0.4, -0.2) is 60.2 Å². The Morgan fingerprint density at radius 1 is 0.667 bits per heavy atom. The van der Waals surface area contributed by atoms with Gasteiger partial charge in [0, 0.05) is 6.54 Å². The average Bonchev–Trinajstić information content (AvgIpc) is 3.02. The highest BCUT2D eigenvalue weighted by molar-refractivity contribution is 5.80. The lowest BCUT2D eigenvalue weighted by atomic mass is 10.1. The Kier molecular flexibility index (Phi) is 14.1. The van der Waals surface area contributed by atoms with Crippen molar-refractivity contribution in [2.45, 2.75) is 65.1 Å². The van der Waals surface area contributed by atoms with Crippen molar-refractivity contribution in [1.82, 2.24) is 10.2 Å². The molecule has 1 N–H and O–H groups in total. The van der Waals surface area contributed by atoms with Crippen LogP contribution in [0.25, 0.3) is 0 Å². The second-order valence-corrected chi connectivity index (χ2v) is 11.4. The number of benzene rings is 3. The summed E-state index contributed by atoms with van der Waals surface area (Å²) in [6.07, 6.45) is -0.0862. The van der Waals surface area contributed by atoms with Gasteiger partial charge >= 0.3 is 24.0 Å². The van der Waals surface area contributed by atoms with E-state index in [0.717, 1.165) is 16.7 Å². The fraction of sp³-hybridized carbons (Fsp3) is 0.371. The lowest BCUT2D eigenvalue weighted by Crippen LogP contribution is -2.48. The maximum Gasteiger partial charge on any atom is 0.407 e. The van der Waals surface area contributed by atoms with Crippen LogP contribution in [0.3, 0.4) is 0 Å². The van der Waals surface area contributed by atoms with Crippen LogP contribution in [0.15, 0.2) is 91.0 Å². The minimum atomic E-state index is -1.01. The minimum Gasteiger partial charge on any atom is -0.460 e. The molecule has 0 saturated heterocycles. The molecule has 0 spiro atoms. The molecule has 0 aliphatic rings. The van der Waals surface area contributed by atoms with Gasteiger partial charge in [-0.1, -0.05) is 91.0 Å². The van der Waals surface area contributed by atoms with Gasteiger partial charge in [0.25, 0.3) is 0 Å². The molecule has 0 saturated carbocycles. The second-order valence-electron chi connectivity index (χ2n) is 11.4. The van der Waals surface area contributed by atoms with Crippen molar-refractivity contribution in [2.24, 2.45) is 0 Å². The van der Waals surface area contributed by atoms with Gasteiger partial charge in [-0.2, -0.15) is 0 Å². The van der Waals surface area contributed by atoms with Crippen molar-refractivity contribution in [3.63, 3.8) is 0 Å². The molecule has 0 radical (unpaired) electrons. The summed E-state index contributed by atoms with van der Waals surface area (Å²) in [6, 6.07) is 26.5. The number of nitrogens with zero attached hydrogens (tertiary/aromatic N) is 1. The van der Waals surface area contributed by atoms with E-state index in [1.807, 2.05) is 91.0 Å². The Morgan fingerprint density at radius 2 is 1.09 bits per heavy atom. The zero-order chi connectivity index (χ0) is 32.5. The summed E-state index contributed by atoms with van der Waals surface area (Å²) >= 11 is 0. The number of hydrogen-bond donors (Lipinski definition) is 1. The number of carbonyl (C=O) groups is 4. The van der Waals surface area contributed by atoms with E-state index in [0.29, 0.717) is 6.42 Å². The standard InChI is InChI=1S/C35H42N2O8/c1-35(2,3)45-34(41)36-21-13-20-30(33(40)44-26-29-18-11-6-12-19-29)37(22-31(38)42-24-27-14-7-4-8-15-27)23-32(39)43-25-28-16-9-5-10-17-28/h4-12,14-19,30H,13,20-26H2,1-3H3,(H,36,41). The summed E-state index contributed by atoms with van der Waals surface area (Å²) in [5.74, 6) is -1.87. The van der Waals surface area contributed by atoms with Gasteiger partial charge in [-0.25, -0.2) is 4.79 Å². The summed E-state index contributed by atoms with van der Waals surface area (Å²) in [5, 5.41) is 2.67. The number of hydrogen-bond acceptors (Lipinski definition) is 9. The molecule has 1 unspecified atom stereocenters. The number of amides is 1. The van der Waals surface area contributed by atoms with Crippen molar-refractivity contribution in [1.29, 1.82) is 0 Å². The van der Waals surface area contributed by atoms with E-state index in [-0.39, 0.29) is 45.9 Å². The molecular formula is C35H42N2O8. The molecule has 1 amide bonds. The highest BCUT2D eigenvalue weighted by Gasteiger charge is 2.31. The second kappa shape index (κ2) is 18.2. The Hall–Kier alpha value is -4.70. The first kappa shape index (κ1) is 34.8. The van der Waals surface area contributed by atoms with Crippen LogP contribution < -0.4 is 5.32 Å². The first-order valence-electron chi connectivity index (χ1n) is 14.9. The zero-order valence-corrected chi connectivity index (χ0v) is 26.1. The molecule has 0 aromatic heterocycles. The number of ether oxygens (including phenoxy) is 4.